The predicted octanol–water partition coefficient (Wildman–Crippen LogP) is 3.86. The van der Waals surface area contributed by atoms with Gasteiger partial charge in [0, 0.05) is 32.2 Å². The second-order valence-corrected chi connectivity index (χ2v) is 10.0. The number of carbonyl (C=O) groups excluding carboxylic acids is 1. The summed E-state index contributed by atoms with van der Waals surface area (Å²) in [6.45, 7) is 0.842. The summed E-state index contributed by atoms with van der Waals surface area (Å²) in [7, 11) is -3.72. The zero-order chi connectivity index (χ0) is 20.6. The number of rotatable bonds is 4. The third kappa shape index (κ3) is 4.06. The van der Waals surface area contributed by atoms with E-state index in [0.717, 1.165) is 4.88 Å². The van der Waals surface area contributed by atoms with Crippen molar-refractivity contribution in [1.82, 2.24) is 14.4 Å². The van der Waals surface area contributed by atoms with Gasteiger partial charge in [-0.05, 0) is 29.6 Å². The maximum atomic E-state index is 12.8. The summed E-state index contributed by atoms with van der Waals surface area (Å²) in [6.07, 6.45) is 0. The fourth-order valence-electron chi connectivity index (χ4n) is 2.99. The van der Waals surface area contributed by atoms with Gasteiger partial charge in [0.15, 0.2) is 11.5 Å². The predicted molar refractivity (Wildman–Crippen MR) is 111 cm³/mol. The molecule has 0 radical (unpaired) electrons. The van der Waals surface area contributed by atoms with Gasteiger partial charge in [-0.25, -0.2) is 8.42 Å². The number of thiophene rings is 1. The lowest BCUT2D eigenvalue weighted by Crippen LogP contribution is -2.50. The zero-order valence-corrected chi connectivity index (χ0v) is 18.1. The Labute approximate surface area is 181 Å². The lowest BCUT2D eigenvalue weighted by atomic mass is 10.2. The molecule has 29 heavy (non-hydrogen) atoms. The highest BCUT2D eigenvalue weighted by Crippen LogP contribution is 2.28. The van der Waals surface area contributed by atoms with E-state index < -0.39 is 10.0 Å². The van der Waals surface area contributed by atoms with Crippen LogP contribution in [0.15, 0.2) is 51.2 Å². The second-order valence-electron chi connectivity index (χ2n) is 6.33. The molecule has 2 aromatic heterocycles. The van der Waals surface area contributed by atoms with Crippen LogP contribution < -0.4 is 0 Å². The summed E-state index contributed by atoms with van der Waals surface area (Å²) in [5.41, 5.74) is 0.203. The van der Waals surface area contributed by atoms with E-state index in [9.17, 15) is 13.2 Å². The molecule has 0 aliphatic carbocycles. The van der Waals surface area contributed by atoms with E-state index in [4.69, 9.17) is 27.7 Å². The number of piperazine rings is 1. The van der Waals surface area contributed by atoms with E-state index in [2.05, 4.69) is 5.16 Å². The molecule has 1 amide bonds. The van der Waals surface area contributed by atoms with Gasteiger partial charge in [0.2, 0.25) is 10.0 Å². The largest absolute Gasteiger partial charge is 0.355 e. The summed E-state index contributed by atoms with van der Waals surface area (Å²) < 4.78 is 32.2. The molecule has 4 rings (SSSR count). The van der Waals surface area contributed by atoms with Crippen molar-refractivity contribution in [3.63, 3.8) is 0 Å². The van der Waals surface area contributed by atoms with Crippen LogP contribution in [0.1, 0.15) is 10.5 Å². The van der Waals surface area contributed by atoms with Crippen molar-refractivity contribution in [2.45, 2.75) is 4.90 Å². The molecule has 0 spiro atoms. The van der Waals surface area contributed by atoms with Gasteiger partial charge in [0.1, 0.15) is 0 Å². The third-order valence-corrected chi connectivity index (χ3v) is 8.07. The second kappa shape index (κ2) is 8.08. The van der Waals surface area contributed by atoms with Crippen LogP contribution in [0.25, 0.3) is 10.6 Å². The molecule has 1 fully saturated rings. The number of amides is 1. The molecule has 0 unspecified atom stereocenters. The summed E-state index contributed by atoms with van der Waals surface area (Å²) in [5.74, 6) is 0.243. The molecular formula is C18H15Cl2N3O4S2. The lowest BCUT2D eigenvalue weighted by molar-refractivity contribution is 0.0687. The minimum atomic E-state index is -3.72. The molecule has 7 nitrogen and oxygen atoms in total. The topological polar surface area (TPSA) is 83.7 Å². The smallest absolute Gasteiger partial charge is 0.276 e. The fourth-order valence-corrected chi connectivity index (χ4v) is 5.48. The summed E-state index contributed by atoms with van der Waals surface area (Å²) in [5, 5.41) is 6.23. The molecule has 3 heterocycles. The quantitative estimate of drug-likeness (QED) is 0.576. The molecule has 152 valence electrons. The normalized spacial score (nSPS) is 15.6. The van der Waals surface area contributed by atoms with E-state index in [1.165, 1.54) is 33.8 Å². The number of halogens is 2. The van der Waals surface area contributed by atoms with Gasteiger partial charge in [0.25, 0.3) is 5.91 Å². The monoisotopic (exact) mass is 471 g/mol. The first-order chi connectivity index (χ1) is 13.9. The van der Waals surface area contributed by atoms with Crippen molar-refractivity contribution in [2.75, 3.05) is 26.2 Å². The van der Waals surface area contributed by atoms with Crippen molar-refractivity contribution >= 4 is 50.5 Å². The minimum Gasteiger partial charge on any atom is -0.355 e. The van der Waals surface area contributed by atoms with Crippen LogP contribution in [0, 0.1) is 0 Å². The van der Waals surface area contributed by atoms with E-state index >= 15 is 0 Å². The van der Waals surface area contributed by atoms with Crippen LogP contribution >= 0.6 is 34.5 Å². The number of nitrogens with zero attached hydrogens (tertiary/aromatic N) is 3. The molecule has 1 aromatic carbocycles. The van der Waals surface area contributed by atoms with Crippen LogP contribution in [0.3, 0.4) is 0 Å². The van der Waals surface area contributed by atoms with Crippen molar-refractivity contribution in [3.05, 3.63) is 57.5 Å². The molecule has 0 N–H and O–H groups in total. The van der Waals surface area contributed by atoms with Gasteiger partial charge in [-0.15, -0.1) is 11.3 Å². The standard InChI is InChI=1S/C18H15Cl2N3O4S2/c19-13-4-3-12(10-14(13)20)29(25,26)23-7-5-22(6-8-23)18(24)15-11-16(27-21-15)17-2-1-9-28-17/h1-4,9-11H,5-8H2. The van der Waals surface area contributed by atoms with Crippen molar-refractivity contribution < 1.29 is 17.7 Å². The number of aromatic nitrogens is 1. The summed E-state index contributed by atoms with van der Waals surface area (Å²) >= 11 is 13.3. The number of benzene rings is 1. The fraction of sp³-hybridized carbons (Fsp3) is 0.222. The number of hydrogen-bond donors (Lipinski definition) is 0. The molecule has 1 aliphatic rings. The highest BCUT2D eigenvalue weighted by molar-refractivity contribution is 7.89. The molecule has 11 heteroatoms. The van der Waals surface area contributed by atoms with Gasteiger partial charge in [-0.1, -0.05) is 34.4 Å². The Hall–Kier alpha value is -1.91. The van der Waals surface area contributed by atoms with Crippen LogP contribution in [0.5, 0.6) is 0 Å². The van der Waals surface area contributed by atoms with Gasteiger partial charge in [0.05, 0.1) is 19.8 Å². The van der Waals surface area contributed by atoms with Crippen molar-refractivity contribution in [3.8, 4) is 10.6 Å². The SMILES string of the molecule is O=C(c1cc(-c2cccs2)on1)N1CCN(S(=O)(=O)c2ccc(Cl)c(Cl)c2)CC1. The molecule has 1 saturated heterocycles. The Balaban J connectivity index is 1.43. The molecule has 3 aromatic rings. The van der Waals surface area contributed by atoms with Gasteiger partial charge in [-0.3, -0.25) is 4.79 Å². The van der Waals surface area contributed by atoms with Crippen LogP contribution in [0.2, 0.25) is 10.0 Å². The van der Waals surface area contributed by atoms with Crippen LogP contribution in [-0.2, 0) is 10.0 Å². The van der Waals surface area contributed by atoms with Gasteiger partial charge in [-0.2, -0.15) is 4.31 Å². The van der Waals surface area contributed by atoms with Crippen molar-refractivity contribution in [1.29, 1.82) is 0 Å². The number of hydrogen-bond acceptors (Lipinski definition) is 6. The summed E-state index contributed by atoms with van der Waals surface area (Å²) in [6, 6.07) is 9.57. The molecule has 0 bridgehead atoms. The average Bonchev–Trinajstić information content (AvgIpc) is 3.41. The Morgan fingerprint density at radius 1 is 1.07 bits per heavy atom. The first-order valence-corrected chi connectivity index (χ1v) is 11.7. The van der Waals surface area contributed by atoms with Gasteiger partial charge >= 0.3 is 0 Å². The van der Waals surface area contributed by atoms with Gasteiger partial charge < -0.3 is 9.42 Å². The van der Waals surface area contributed by atoms with E-state index in [1.54, 1.807) is 11.0 Å². The molecule has 0 atom stereocenters. The lowest BCUT2D eigenvalue weighted by Gasteiger charge is -2.33. The highest BCUT2D eigenvalue weighted by Gasteiger charge is 2.31. The van der Waals surface area contributed by atoms with E-state index in [0.29, 0.717) is 5.76 Å². The minimum absolute atomic E-state index is 0.0729. The highest BCUT2D eigenvalue weighted by atomic mass is 35.5. The Morgan fingerprint density at radius 2 is 1.83 bits per heavy atom. The maximum absolute atomic E-state index is 12.8. The Bertz CT molecular complexity index is 1140. The van der Waals surface area contributed by atoms with E-state index in [1.807, 2.05) is 17.5 Å². The molecule has 0 saturated carbocycles. The van der Waals surface area contributed by atoms with Crippen LogP contribution in [-0.4, -0.2) is 54.9 Å². The number of sulfonamides is 1. The molecule has 1 aliphatic heterocycles. The number of carbonyl (C=O) groups is 1. The van der Waals surface area contributed by atoms with Crippen LogP contribution in [0.4, 0.5) is 0 Å². The summed E-state index contributed by atoms with van der Waals surface area (Å²) in [4.78, 5) is 15.2. The Morgan fingerprint density at radius 3 is 2.48 bits per heavy atom. The Kier molecular flexibility index (Phi) is 5.67. The maximum Gasteiger partial charge on any atom is 0.276 e. The average molecular weight is 472 g/mol. The first-order valence-electron chi connectivity index (χ1n) is 8.61. The third-order valence-electron chi connectivity index (χ3n) is 4.55. The van der Waals surface area contributed by atoms with E-state index in [-0.39, 0.29) is 52.7 Å². The zero-order valence-electron chi connectivity index (χ0n) is 14.9. The molecular weight excluding hydrogens is 457 g/mol. The van der Waals surface area contributed by atoms with Crippen molar-refractivity contribution in [2.24, 2.45) is 0 Å². The first kappa shape index (κ1) is 20.4.